The molecule has 7 nitrogen and oxygen atoms in total. The van der Waals surface area contributed by atoms with E-state index in [4.69, 9.17) is 0 Å². The molecule has 0 bridgehead atoms. The molecule has 2 N–H and O–H groups in total. The topological polar surface area (TPSA) is 91.0 Å². The minimum absolute atomic E-state index is 0.0861. The predicted octanol–water partition coefficient (Wildman–Crippen LogP) is 1.49. The molecule has 0 radical (unpaired) electrons. The summed E-state index contributed by atoms with van der Waals surface area (Å²) in [5.41, 5.74) is 2.62. The number of para-hydroxylation sites is 1. The average Bonchev–Trinajstić information content (AvgIpc) is 3.22. The van der Waals surface area contributed by atoms with Crippen LogP contribution >= 0.6 is 0 Å². The Morgan fingerprint density at radius 1 is 1.12 bits per heavy atom. The summed E-state index contributed by atoms with van der Waals surface area (Å²) in [7, 11) is 0. The van der Waals surface area contributed by atoms with Crippen LogP contribution in [0.5, 0.6) is 0 Å². The highest BCUT2D eigenvalue weighted by Crippen LogP contribution is 2.21. The molecule has 1 aliphatic heterocycles. The van der Waals surface area contributed by atoms with Crippen LogP contribution in [0.4, 0.5) is 5.69 Å². The summed E-state index contributed by atoms with van der Waals surface area (Å²) in [5, 5.41) is 13.2. The smallest absolute Gasteiger partial charge is 0.252 e. The Bertz CT molecular complexity index is 905. The predicted molar refractivity (Wildman–Crippen MR) is 88.6 cm³/mol. The second-order valence-corrected chi connectivity index (χ2v) is 5.67. The van der Waals surface area contributed by atoms with Crippen LogP contribution in [-0.2, 0) is 4.79 Å². The minimum Gasteiger partial charge on any atom is -0.340 e. The Hall–Kier alpha value is -3.22. The third-order valence-corrected chi connectivity index (χ3v) is 4.16. The molecule has 4 rings (SSSR count). The summed E-state index contributed by atoms with van der Waals surface area (Å²) in [6.07, 6.45) is 0.589. The standard InChI is InChI=1S/C17H15N5O2/c23-16(11-6-7-13-15(10-11)20-21-19-13)18-14-8-9-22(17(14)24)12-4-2-1-3-5-12/h1-7,10,14H,8-9H2,(H,18,23)(H,19,20,21)/t14-/m0/s1. The number of H-pyrrole nitrogens is 1. The number of nitrogens with one attached hydrogen (secondary N) is 2. The number of carbonyl (C=O) groups is 2. The lowest BCUT2D eigenvalue weighted by Gasteiger charge is -2.17. The highest BCUT2D eigenvalue weighted by molar-refractivity contribution is 6.04. The maximum atomic E-state index is 12.5. The van der Waals surface area contributed by atoms with Crippen LogP contribution in [0.3, 0.4) is 0 Å². The van der Waals surface area contributed by atoms with Crippen molar-refractivity contribution in [2.45, 2.75) is 12.5 Å². The summed E-state index contributed by atoms with van der Waals surface area (Å²) in [6.45, 7) is 0.593. The number of nitrogens with zero attached hydrogens (tertiary/aromatic N) is 3. The Balaban J connectivity index is 1.49. The van der Waals surface area contributed by atoms with E-state index in [1.165, 1.54) is 0 Å². The van der Waals surface area contributed by atoms with Crippen molar-refractivity contribution >= 4 is 28.5 Å². The maximum Gasteiger partial charge on any atom is 0.252 e. The Kier molecular flexibility index (Phi) is 3.45. The third-order valence-electron chi connectivity index (χ3n) is 4.16. The normalized spacial score (nSPS) is 17.4. The zero-order chi connectivity index (χ0) is 16.5. The Morgan fingerprint density at radius 3 is 2.75 bits per heavy atom. The summed E-state index contributed by atoms with van der Waals surface area (Å²) >= 11 is 0. The van der Waals surface area contributed by atoms with E-state index in [0.29, 0.717) is 29.6 Å². The van der Waals surface area contributed by atoms with Gasteiger partial charge in [-0.05, 0) is 36.8 Å². The molecule has 3 aromatic rings. The molecule has 0 saturated carbocycles. The molecule has 0 aliphatic carbocycles. The number of fused-ring (bicyclic) bond motifs is 1. The van der Waals surface area contributed by atoms with Gasteiger partial charge in [0.25, 0.3) is 5.91 Å². The van der Waals surface area contributed by atoms with Gasteiger partial charge >= 0.3 is 0 Å². The number of anilines is 1. The number of hydrogen-bond donors (Lipinski definition) is 2. The molecule has 24 heavy (non-hydrogen) atoms. The molecule has 2 amide bonds. The molecule has 7 heteroatoms. The number of aromatic nitrogens is 3. The molecule has 1 aromatic heterocycles. The molecule has 120 valence electrons. The number of benzene rings is 2. The molecular formula is C17H15N5O2. The molecule has 1 fully saturated rings. The fourth-order valence-corrected chi connectivity index (χ4v) is 2.90. The van der Waals surface area contributed by atoms with Gasteiger partial charge in [-0.3, -0.25) is 9.59 Å². The zero-order valence-electron chi connectivity index (χ0n) is 12.8. The minimum atomic E-state index is -0.509. The lowest BCUT2D eigenvalue weighted by Crippen LogP contribution is -2.41. The van der Waals surface area contributed by atoms with E-state index in [-0.39, 0.29) is 11.8 Å². The Morgan fingerprint density at radius 2 is 1.92 bits per heavy atom. The van der Waals surface area contributed by atoms with Crippen LogP contribution in [0.15, 0.2) is 48.5 Å². The van der Waals surface area contributed by atoms with Gasteiger partial charge in [-0.15, -0.1) is 0 Å². The largest absolute Gasteiger partial charge is 0.340 e. The second-order valence-electron chi connectivity index (χ2n) is 5.67. The van der Waals surface area contributed by atoms with E-state index in [9.17, 15) is 9.59 Å². The number of carbonyl (C=O) groups excluding carboxylic acids is 2. The highest BCUT2D eigenvalue weighted by atomic mass is 16.2. The average molecular weight is 321 g/mol. The highest BCUT2D eigenvalue weighted by Gasteiger charge is 2.33. The third kappa shape index (κ3) is 2.50. The van der Waals surface area contributed by atoms with E-state index in [1.54, 1.807) is 23.1 Å². The molecule has 0 unspecified atom stereocenters. The molecule has 0 spiro atoms. The van der Waals surface area contributed by atoms with Gasteiger partial charge in [0, 0.05) is 17.8 Å². The van der Waals surface area contributed by atoms with Crippen molar-refractivity contribution in [1.29, 1.82) is 0 Å². The van der Waals surface area contributed by atoms with Gasteiger partial charge in [-0.2, -0.15) is 15.4 Å². The summed E-state index contributed by atoms with van der Waals surface area (Å²) < 4.78 is 0. The van der Waals surface area contributed by atoms with Crippen molar-refractivity contribution < 1.29 is 9.59 Å². The van der Waals surface area contributed by atoms with E-state index in [0.717, 1.165) is 5.69 Å². The van der Waals surface area contributed by atoms with Gasteiger partial charge in [0.2, 0.25) is 5.91 Å². The lowest BCUT2D eigenvalue weighted by molar-refractivity contribution is -0.118. The van der Waals surface area contributed by atoms with Gasteiger partial charge < -0.3 is 10.2 Å². The van der Waals surface area contributed by atoms with E-state index in [2.05, 4.69) is 20.7 Å². The van der Waals surface area contributed by atoms with Gasteiger partial charge in [-0.25, -0.2) is 0 Å². The van der Waals surface area contributed by atoms with Crippen molar-refractivity contribution in [3.05, 3.63) is 54.1 Å². The zero-order valence-corrected chi connectivity index (χ0v) is 12.8. The van der Waals surface area contributed by atoms with Crippen LogP contribution < -0.4 is 10.2 Å². The first-order valence-corrected chi connectivity index (χ1v) is 7.70. The van der Waals surface area contributed by atoms with Gasteiger partial charge in [0.05, 0.1) is 0 Å². The van der Waals surface area contributed by atoms with E-state index < -0.39 is 6.04 Å². The lowest BCUT2D eigenvalue weighted by atomic mass is 10.1. The van der Waals surface area contributed by atoms with Gasteiger partial charge in [0.15, 0.2) is 0 Å². The summed E-state index contributed by atoms with van der Waals surface area (Å²) in [4.78, 5) is 26.6. The fraction of sp³-hybridized carbons (Fsp3) is 0.176. The molecular weight excluding hydrogens is 306 g/mol. The van der Waals surface area contributed by atoms with Crippen molar-refractivity contribution in [1.82, 2.24) is 20.7 Å². The number of amides is 2. The van der Waals surface area contributed by atoms with E-state index in [1.807, 2.05) is 30.3 Å². The number of aromatic amines is 1. The first-order valence-electron chi connectivity index (χ1n) is 7.70. The van der Waals surface area contributed by atoms with Crippen LogP contribution in [0, 0.1) is 0 Å². The fourth-order valence-electron chi connectivity index (χ4n) is 2.90. The molecule has 1 saturated heterocycles. The molecule has 2 heterocycles. The first kappa shape index (κ1) is 14.4. The second kappa shape index (κ2) is 5.77. The van der Waals surface area contributed by atoms with Crippen molar-refractivity contribution in [2.24, 2.45) is 0 Å². The first-order chi connectivity index (χ1) is 11.7. The van der Waals surface area contributed by atoms with Crippen LogP contribution in [0.25, 0.3) is 11.0 Å². The van der Waals surface area contributed by atoms with Gasteiger partial charge in [0.1, 0.15) is 17.1 Å². The van der Waals surface area contributed by atoms with Crippen molar-refractivity contribution in [2.75, 3.05) is 11.4 Å². The number of hydrogen-bond acceptors (Lipinski definition) is 4. The SMILES string of the molecule is O=C(N[C@H]1CCN(c2ccccc2)C1=O)c1ccc2n[nH]nc2c1. The van der Waals surface area contributed by atoms with Gasteiger partial charge in [-0.1, -0.05) is 18.2 Å². The molecule has 1 aliphatic rings. The quantitative estimate of drug-likeness (QED) is 0.765. The Labute approximate surface area is 137 Å². The van der Waals surface area contributed by atoms with Crippen molar-refractivity contribution in [3.8, 4) is 0 Å². The monoisotopic (exact) mass is 321 g/mol. The maximum absolute atomic E-state index is 12.5. The molecule has 2 aromatic carbocycles. The molecule has 1 atom stereocenters. The summed E-state index contributed by atoms with van der Waals surface area (Å²) in [6, 6.07) is 14.0. The van der Waals surface area contributed by atoms with E-state index >= 15 is 0 Å². The number of rotatable bonds is 3. The summed E-state index contributed by atoms with van der Waals surface area (Å²) in [5.74, 6) is -0.370. The van der Waals surface area contributed by atoms with Crippen LogP contribution in [-0.4, -0.2) is 39.8 Å². The van der Waals surface area contributed by atoms with Crippen molar-refractivity contribution in [3.63, 3.8) is 0 Å². The van der Waals surface area contributed by atoms with Crippen LogP contribution in [0.1, 0.15) is 16.8 Å². The van der Waals surface area contributed by atoms with Crippen LogP contribution in [0.2, 0.25) is 0 Å².